The number of aliphatic hydroxyl groups excluding tert-OH is 2. The molecule has 1 atom stereocenters. The minimum absolute atomic E-state index is 0.0725. The van der Waals surface area contributed by atoms with Crippen LogP contribution >= 0.6 is 0 Å². The van der Waals surface area contributed by atoms with E-state index in [0.717, 1.165) is 0 Å². The van der Waals surface area contributed by atoms with Crippen LogP contribution in [0, 0.1) is 0 Å². The summed E-state index contributed by atoms with van der Waals surface area (Å²) in [5.41, 5.74) is 0. The second kappa shape index (κ2) is 6.21. The highest BCUT2D eigenvalue weighted by molar-refractivity contribution is 4.64. The smallest absolute Gasteiger partial charge is 0.390 e. The van der Waals surface area contributed by atoms with Crippen LogP contribution in [0.5, 0.6) is 0 Å². The molecule has 3 nitrogen and oxygen atoms in total. The Morgan fingerprint density at radius 3 is 2.29 bits per heavy atom. The second-order valence-corrected chi connectivity index (χ2v) is 3.09. The van der Waals surface area contributed by atoms with E-state index in [1.807, 2.05) is 0 Å². The molecule has 0 heterocycles. The molecule has 0 bridgehead atoms. The molecule has 0 saturated carbocycles. The summed E-state index contributed by atoms with van der Waals surface area (Å²) < 4.78 is 35.5. The minimum atomic E-state index is -4.17. The molecule has 0 aliphatic heterocycles. The fourth-order valence-corrected chi connectivity index (χ4v) is 1.02. The number of aliphatic hydroxyl groups is 2. The Labute approximate surface area is 81.1 Å². The third kappa shape index (κ3) is 7.11. The van der Waals surface area contributed by atoms with E-state index in [2.05, 4.69) is 0 Å². The van der Waals surface area contributed by atoms with Crippen LogP contribution < -0.4 is 0 Å². The SMILES string of the molecule is CCN(CCC(F)(F)F)C[C@H](O)CO. The van der Waals surface area contributed by atoms with Crippen molar-refractivity contribution in [1.82, 2.24) is 4.90 Å². The fourth-order valence-electron chi connectivity index (χ4n) is 1.02. The molecule has 6 heteroatoms. The first kappa shape index (κ1) is 13.7. The summed E-state index contributed by atoms with van der Waals surface area (Å²) in [6, 6.07) is 0. The molecule has 0 radical (unpaired) electrons. The van der Waals surface area contributed by atoms with Crippen molar-refractivity contribution in [3.05, 3.63) is 0 Å². The molecule has 2 N–H and O–H groups in total. The highest BCUT2D eigenvalue weighted by atomic mass is 19.4. The first-order valence-electron chi connectivity index (χ1n) is 4.47. The summed E-state index contributed by atoms with van der Waals surface area (Å²) in [5, 5.41) is 17.5. The van der Waals surface area contributed by atoms with Crippen molar-refractivity contribution >= 4 is 0 Å². The molecule has 0 saturated heterocycles. The zero-order valence-electron chi connectivity index (χ0n) is 8.09. The molecule has 0 rings (SSSR count). The molecule has 0 aliphatic rings. The Balaban J connectivity index is 3.80. The number of nitrogens with zero attached hydrogens (tertiary/aromatic N) is 1. The van der Waals surface area contributed by atoms with Gasteiger partial charge in [-0.2, -0.15) is 13.2 Å². The average Bonchev–Trinajstić information content (AvgIpc) is 2.10. The van der Waals surface area contributed by atoms with E-state index in [-0.39, 0.29) is 13.1 Å². The molecule has 0 spiro atoms. The van der Waals surface area contributed by atoms with E-state index >= 15 is 0 Å². The maximum atomic E-state index is 11.8. The van der Waals surface area contributed by atoms with Crippen LogP contribution in [-0.2, 0) is 0 Å². The maximum absolute atomic E-state index is 11.8. The van der Waals surface area contributed by atoms with Crippen LogP contribution in [0.1, 0.15) is 13.3 Å². The van der Waals surface area contributed by atoms with Crippen molar-refractivity contribution in [3.63, 3.8) is 0 Å². The number of rotatable bonds is 6. The van der Waals surface area contributed by atoms with Crippen molar-refractivity contribution in [2.75, 3.05) is 26.2 Å². The first-order valence-corrected chi connectivity index (χ1v) is 4.47. The summed E-state index contributed by atoms with van der Waals surface area (Å²) in [6.07, 6.45) is -6.03. The molecular formula is C8H16F3NO2. The van der Waals surface area contributed by atoms with Gasteiger partial charge < -0.3 is 15.1 Å². The lowest BCUT2D eigenvalue weighted by molar-refractivity contribution is -0.138. The van der Waals surface area contributed by atoms with Gasteiger partial charge in [-0.05, 0) is 6.54 Å². The molecule has 14 heavy (non-hydrogen) atoms. The summed E-state index contributed by atoms with van der Waals surface area (Å²) in [4.78, 5) is 1.45. The van der Waals surface area contributed by atoms with E-state index in [0.29, 0.717) is 6.54 Å². The predicted octanol–water partition coefficient (Wildman–Crippen LogP) is 0.614. The zero-order chi connectivity index (χ0) is 11.2. The van der Waals surface area contributed by atoms with Gasteiger partial charge in [0.05, 0.1) is 19.1 Å². The van der Waals surface area contributed by atoms with Gasteiger partial charge in [0.15, 0.2) is 0 Å². The Kier molecular flexibility index (Phi) is 6.06. The average molecular weight is 215 g/mol. The summed E-state index contributed by atoms with van der Waals surface area (Å²) in [7, 11) is 0. The van der Waals surface area contributed by atoms with E-state index in [4.69, 9.17) is 10.2 Å². The molecule has 0 aromatic rings. The lowest BCUT2D eigenvalue weighted by Gasteiger charge is -2.23. The lowest BCUT2D eigenvalue weighted by Crippen LogP contribution is -2.36. The van der Waals surface area contributed by atoms with Gasteiger partial charge in [-0.3, -0.25) is 0 Å². The lowest BCUT2D eigenvalue weighted by atomic mass is 10.3. The van der Waals surface area contributed by atoms with Crippen LogP contribution in [0.2, 0.25) is 0 Å². The molecule has 0 aromatic carbocycles. The van der Waals surface area contributed by atoms with Gasteiger partial charge in [0.1, 0.15) is 0 Å². The van der Waals surface area contributed by atoms with Crippen LogP contribution in [0.3, 0.4) is 0 Å². The van der Waals surface area contributed by atoms with Gasteiger partial charge in [0.2, 0.25) is 0 Å². The van der Waals surface area contributed by atoms with Crippen LogP contribution in [0.4, 0.5) is 13.2 Å². The van der Waals surface area contributed by atoms with Crippen molar-refractivity contribution in [2.24, 2.45) is 0 Å². The molecule has 0 fully saturated rings. The largest absolute Gasteiger partial charge is 0.394 e. The highest BCUT2D eigenvalue weighted by Crippen LogP contribution is 2.19. The standard InChI is InChI=1S/C8H16F3NO2/c1-2-12(5-7(14)6-13)4-3-8(9,10)11/h7,13-14H,2-6H2,1H3/t7-/m0/s1. The zero-order valence-corrected chi connectivity index (χ0v) is 8.09. The monoisotopic (exact) mass is 215 g/mol. The van der Waals surface area contributed by atoms with Crippen molar-refractivity contribution < 1.29 is 23.4 Å². The quantitative estimate of drug-likeness (QED) is 0.682. The topological polar surface area (TPSA) is 43.7 Å². The third-order valence-electron chi connectivity index (χ3n) is 1.84. The molecule has 0 aromatic heterocycles. The van der Waals surface area contributed by atoms with Gasteiger partial charge in [-0.1, -0.05) is 6.92 Å². The number of alkyl halides is 3. The van der Waals surface area contributed by atoms with E-state index in [9.17, 15) is 13.2 Å². The predicted molar refractivity (Wildman–Crippen MR) is 45.9 cm³/mol. The van der Waals surface area contributed by atoms with Crippen LogP contribution in [0.25, 0.3) is 0 Å². The van der Waals surface area contributed by atoms with Crippen LogP contribution in [0.15, 0.2) is 0 Å². The molecule has 0 amide bonds. The van der Waals surface area contributed by atoms with Gasteiger partial charge in [-0.15, -0.1) is 0 Å². The Morgan fingerprint density at radius 1 is 1.36 bits per heavy atom. The summed E-state index contributed by atoms with van der Waals surface area (Å²) in [6.45, 7) is 1.64. The first-order chi connectivity index (χ1) is 6.39. The molecule has 0 aliphatic carbocycles. The van der Waals surface area contributed by atoms with E-state index in [1.165, 1.54) is 4.90 Å². The normalized spacial score (nSPS) is 14.8. The Morgan fingerprint density at radius 2 is 1.93 bits per heavy atom. The van der Waals surface area contributed by atoms with Gasteiger partial charge in [0.25, 0.3) is 0 Å². The molecular weight excluding hydrogens is 199 g/mol. The van der Waals surface area contributed by atoms with Crippen molar-refractivity contribution in [1.29, 1.82) is 0 Å². The molecule has 86 valence electrons. The number of hydrogen-bond acceptors (Lipinski definition) is 3. The number of halogens is 3. The Hall–Kier alpha value is -0.330. The Bertz CT molecular complexity index is 152. The van der Waals surface area contributed by atoms with Crippen LogP contribution in [-0.4, -0.2) is 53.6 Å². The highest BCUT2D eigenvalue weighted by Gasteiger charge is 2.27. The van der Waals surface area contributed by atoms with Gasteiger partial charge in [-0.25, -0.2) is 0 Å². The van der Waals surface area contributed by atoms with E-state index < -0.39 is 25.3 Å². The summed E-state index contributed by atoms with van der Waals surface area (Å²) in [5.74, 6) is 0. The molecule has 0 unspecified atom stereocenters. The van der Waals surface area contributed by atoms with E-state index in [1.54, 1.807) is 6.92 Å². The second-order valence-electron chi connectivity index (χ2n) is 3.09. The third-order valence-corrected chi connectivity index (χ3v) is 1.84. The van der Waals surface area contributed by atoms with Gasteiger partial charge >= 0.3 is 6.18 Å². The van der Waals surface area contributed by atoms with Gasteiger partial charge in [0, 0.05) is 13.1 Å². The minimum Gasteiger partial charge on any atom is -0.394 e. The number of likely N-dealkylation sites (N-methyl/N-ethyl adjacent to an activating group) is 1. The fraction of sp³-hybridized carbons (Fsp3) is 1.00. The maximum Gasteiger partial charge on any atom is 0.390 e. The summed E-state index contributed by atoms with van der Waals surface area (Å²) >= 11 is 0. The van der Waals surface area contributed by atoms with Crippen molar-refractivity contribution in [3.8, 4) is 0 Å². The van der Waals surface area contributed by atoms with Crippen molar-refractivity contribution in [2.45, 2.75) is 25.6 Å². The number of hydrogen-bond donors (Lipinski definition) is 2.